The fraction of sp³-hybridized carbons (Fsp3) is 0.133. The van der Waals surface area contributed by atoms with Crippen LogP contribution in [-0.4, -0.2) is 4.98 Å². The molecular formula is C15H15N. The maximum absolute atomic E-state index is 4.11. The van der Waals surface area contributed by atoms with Gasteiger partial charge in [0, 0.05) is 12.4 Å². The van der Waals surface area contributed by atoms with E-state index in [4.69, 9.17) is 0 Å². The summed E-state index contributed by atoms with van der Waals surface area (Å²) in [6, 6.07) is 10.5. The summed E-state index contributed by atoms with van der Waals surface area (Å²) in [6.45, 7) is 8.08. The fourth-order valence-electron chi connectivity index (χ4n) is 1.75. The molecule has 0 unspecified atom stereocenters. The van der Waals surface area contributed by atoms with Gasteiger partial charge in [0.05, 0.1) is 0 Å². The van der Waals surface area contributed by atoms with Gasteiger partial charge in [-0.3, -0.25) is 4.98 Å². The highest BCUT2D eigenvalue weighted by Crippen LogP contribution is 2.25. The van der Waals surface area contributed by atoms with Gasteiger partial charge in [0.2, 0.25) is 0 Å². The van der Waals surface area contributed by atoms with Gasteiger partial charge in [-0.05, 0) is 48.2 Å². The van der Waals surface area contributed by atoms with Crippen LogP contribution in [0, 0.1) is 6.92 Å². The first-order valence-electron chi connectivity index (χ1n) is 5.35. The smallest absolute Gasteiger partial charge is 0.0303 e. The second kappa shape index (κ2) is 4.31. The van der Waals surface area contributed by atoms with E-state index in [2.05, 4.69) is 42.8 Å². The van der Waals surface area contributed by atoms with Gasteiger partial charge in [0.15, 0.2) is 0 Å². The molecule has 1 heteroatoms. The molecule has 2 aromatic rings. The molecule has 0 aliphatic rings. The second-order valence-corrected chi connectivity index (χ2v) is 4.05. The summed E-state index contributed by atoms with van der Waals surface area (Å²) < 4.78 is 0. The molecule has 0 bridgehead atoms. The number of allylic oxidation sites excluding steroid dienone is 1. The van der Waals surface area contributed by atoms with E-state index in [1.165, 1.54) is 22.3 Å². The van der Waals surface area contributed by atoms with Crippen molar-refractivity contribution in [1.82, 2.24) is 4.98 Å². The monoisotopic (exact) mass is 209 g/mol. The Hall–Kier alpha value is -1.89. The van der Waals surface area contributed by atoms with Crippen molar-refractivity contribution in [3.05, 3.63) is 60.4 Å². The minimum Gasteiger partial charge on any atom is -0.264 e. The normalized spacial score (nSPS) is 10.1. The minimum absolute atomic E-state index is 1.09. The van der Waals surface area contributed by atoms with Crippen LogP contribution in [0.25, 0.3) is 16.7 Å². The van der Waals surface area contributed by atoms with E-state index < -0.39 is 0 Å². The predicted molar refractivity (Wildman–Crippen MR) is 69.1 cm³/mol. The van der Waals surface area contributed by atoms with Crippen molar-refractivity contribution < 1.29 is 0 Å². The lowest BCUT2D eigenvalue weighted by Gasteiger charge is -2.07. The van der Waals surface area contributed by atoms with Crippen molar-refractivity contribution in [3.8, 4) is 11.1 Å². The van der Waals surface area contributed by atoms with Gasteiger partial charge in [-0.2, -0.15) is 0 Å². The Labute approximate surface area is 96.5 Å². The SMILES string of the molecule is C=C(C)c1cccc(-c2ccncc2C)c1. The van der Waals surface area contributed by atoms with Crippen LogP contribution in [0.4, 0.5) is 0 Å². The molecule has 80 valence electrons. The highest BCUT2D eigenvalue weighted by Gasteiger charge is 2.02. The third kappa shape index (κ3) is 2.03. The fourth-order valence-corrected chi connectivity index (χ4v) is 1.75. The molecule has 0 fully saturated rings. The van der Waals surface area contributed by atoms with Crippen LogP contribution in [0.15, 0.2) is 49.3 Å². The summed E-state index contributed by atoms with van der Waals surface area (Å²) in [5.41, 5.74) is 5.93. The van der Waals surface area contributed by atoms with Crippen LogP contribution >= 0.6 is 0 Å². The molecule has 0 aliphatic heterocycles. The maximum atomic E-state index is 4.11. The van der Waals surface area contributed by atoms with Crippen LogP contribution in [0.3, 0.4) is 0 Å². The van der Waals surface area contributed by atoms with E-state index in [9.17, 15) is 0 Å². The van der Waals surface area contributed by atoms with E-state index in [0.29, 0.717) is 0 Å². The number of hydrogen-bond donors (Lipinski definition) is 0. The van der Waals surface area contributed by atoms with Crippen LogP contribution in [0.1, 0.15) is 18.1 Å². The Morgan fingerprint density at radius 3 is 2.75 bits per heavy atom. The number of nitrogens with zero attached hydrogens (tertiary/aromatic N) is 1. The first-order valence-corrected chi connectivity index (χ1v) is 5.35. The molecule has 0 saturated carbocycles. The Morgan fingerprint density at radius 1 is 1.25 bits per heavy atom. The quantitative estimate of drug-likeness (QED) is 0.726. The lowest BCUT2D eigenvalue weighted by Crippen LogP contribution is -1.86. The van der Waals surface area contributed by atoms with Crippen molar-refractivity contribution in [2.75, 3.05) is 0 Å². The number of pyridine rings is 1. The summed E-state index contributed by atoms with van der Waals surface area (Å²) >= 11 is 0. The number of aryl methyl sites for hydroxylation is 1. The van der Waals surface area contributed by atoms with E-state index in [-0.39, 0.29) is 0 Å². The highest BCUT2D eigenvalue weighted by atomic mass is 14.6. The van der Waals surface area contributed by atoms with Crippen LogP contribution in [-0.2, 0) is 0 Å². The van der Waals surface area contributed by atoms with Crippen LogP contribution in [0.5, 0.6) is 0 Å². The summed E-state index contributed by atoms with van der Waals surface area (Å²) in [7, 11) is 0. The van der Waals surface area contributed by atoms with Crippen molar-refractivity contribution in [3.63, 3.8) is 0 Å². The molecule has 2 rings (SSSR count). The Kier molecular flexibility index (Phi) is 2.86. The molecule has 16 heavy (non-hydrogen) atoms. The number of aromatic nitrogens is 1. The van der Waals surface area contributed by atoms with E-state index in [1.54, 1.807) is 0 Å². The van der Waals surface area contributed by atoms with Gasteiger partial charge in [0.25, 0.3) is 0 Å². The molecule has 0 radical (unpaired) electrons. The molecule has 1 aromatic heterocycles. The summed E-state index contributed by atoms with van der Waals surface area (Å²) in [5.74, 6) is 0. The topological polar surface area (TPSA) is 12.9 Å². The van der Waals surface area contributed by atoms with E-state index in [1.807, 2.05) is 25.4 Å². The van der Waals surface area contributed by atoms with Crippen molar-refractivity contribution in [1.29, 1.82) is 0 Å². The van der Waals surface area contributed by atoms with Gasteiger partial charge in [-0.1, -0.05) is 30.4 Å². The van der Waals surface area contributed by atoms with Gasteiger partial charge >= 0.3 is 0 Å². The molecule has 0 amide bonds. The standard InChI is InChI=1S/C15H15N/c1-11(2)13-5-4-6-14(9-13)15-7-8-16-10-12(15)3/h4-10H,1H2,2-3H3. The third-order valence-electron chi connectivity index (χ3n) is 2.69. The van der Waals surface area contributed by atoms with Crippen molar-refractivity contribution >= 4 is 5.57 Å². The van der Waals surface area contributed by atoms with Gasteiger partial charge in [0.1, 0.15) is 0 Å². The highest BCUT2D eigenvalue weighted by molar-refractivity contribution is 5.72. The Morgan fingerprint density at radius 2 is 2.06 bits per heavy atom. The van der Waals surface area contributed by atoms with Crippen LogP contribution < -0.4 is 0 Å². The predicted octanol–water partition coefficient (Wildman–Crippen LogP) is 4.09. The maximum Gasteiger partial charge on any atom is 0.0303 e. The molecular weight excluding hydrogens is 194 g/mol. The Balaban J connectivity index is 2.53. The number of rotatable bonds is 2. The average molecular weight is 209 g/mol. The lowest BCUT2D eigenvalue weighted by molar-refractivity contribution is 1.27. The van der Waals surface area contributed by atoms with E-state index in [0.717, 1.165) is 5.57 Å². The van der Waals surface area contributed by atoms with Gasteiger partial charge in [-0.15, -0.1) is 0 Å². The molecule has 0 spiro atoms. The number of hydrogen-bond acceptors (Lipinski definition) is 1. The molecule has 0 aliphatic carbocycles. The first kappa shape index (κ1) is 10.6. The summed E-state index contributed by atoms with van der Waals surface area (Å²) in [5, 5.41) is 0. The minimum atomic E-state index is 1.09. The number of benzene rings is 1. The van der Waals surface area contributed by atoms with Gasteiger partial charge < -0.3 is 0 Å². The zero-order valence-corrected chi connectivity index (χ0v) is 9.70. The molecule has 1 aromatic carbocycles. The zero-order valence-electron chi connectivity index (χ0n) is 9.70. The van der Waals surface area contributed by atoms with Crippen molar-refractivity contribution in [2.45, 2.75) is 13.8 Å². The molecule has 1 heterocycles. The zero-order chi connectivity index (χ0) is 11.5. The second-order valence-electron chi connectivity index (χ2n) is 4.05. The Bertz CT molecular complexity index is 526. The third-order valence-corrected chi connectivity index (χ3v) is 2.69. The summed E-state index contributed by atoms with van der Waals surface area (Å²) in [6.07, 6.45) is 3.72. The average Bonchev–Trinajstić information content (AvgIpc) is 2.30. The molecule has 0 saturated heterocycles. The summed E-state index contributed by atoms with van der Waals surface area (Å²) in [4.78, 5) is 4.11. The van der Waals surface area contributed by atoms with E-state index >= 15 is 0 Å². The van der Waals surface area contributed by atoms with Crippen molar-refractivity contribution in [2.24, 2.45) is 0 Å². The van der Waals surface area contributed by atoms with Crippen LogP contribution in [0.2, 0.25) is 0 Å². The molecule has 0 atom stereocenters. The first-order chi connectivity index (χ1) is 7.68. The molecule has 1 nitrogen and oxygen atoms in total. The molecule has 0 N–H and O–H groups in total. The largest absolute Gasteiger partial charge is 0.264 e. The van der Waals surface area contributed by atoms with Gasteiger partial charge in [-0.25, -0.2) is 0 Å². The lowest BCUT2D eigenvalue weighted by atomic mass is 9.99.